The van der Waals surface area contributed by atoms with Gasteiger partial charge in [0.1, 0.15) is 0 Å². The summed E-state index contributed by atoms with van der Waals surface area (Å²) in [5, 5.41) is 14.6. The van der Waals surface area contributed by atoms with Crippen molar-refractivity contribution in [1.29, 1.82) is 0 Å². The summed E-state index contributed by atoms with van der Waals surface area (Å²) in [6, 6.07) is 7.98. The lowest BCUT2D eigenvalue weighted by molar-refractivity contribution is -0.114. The van der Waals surface area contributed by atoms with E-state index in [2.05, 4.69) is 10.1 Å². The van der Waals surface area contributed by atoms with Crippen LogP contribution in [-0.2, 0) is 4.79 Å². The lowest BCUT2D eigenvalue weighted by atomic mass is 10.1. The average molecular weight is 330 g/mol. The van der Waals surface area contributed by atoms with Gasteiger partial charge in [-0.15, -0.1) is 0 Å². The van der Waals surface area contributed by atoms with Crippen molar-refractivity contribution >= 4 is 41.0 Å². The van der Waals surface area contributed by atoms with Crippen LogP contribution in [0.5, 0.6) is 0 Å². The number of H-pyrrole nitrogens is 1. The number of halogens is 1. The molecule has 1 aliphatic rings. The molecule has 0 unspecified atom stereocenters. The second-order valence-electron chi connectivity index (χ2n) is 4.96. The minimum Gasteiger partial charge on any atom is -0.478 e. The predicted molar refractivity (Wildman–Crippen MR) is 87.8 cm³/mol. The van der Waals surface area contributed by atoms with Gasteiger partial charge in [0.25, 0.3) is 5.91 Å². The van der Waals surface area contributed by atoms with E-state index in [1.165, 1.54) is 17.1 Å². The first-order valence-electron chi connectivity index (χ1n) is 6.75. The molecule has 1 aliphatic heterocycles. The minimum absolute atomic E-state index is 0.0772. The third kappa shape index (κ3) is 2.76. The number of benzene rings is 1. The van der Waals surface area contributed by atoms with Crippen molar-refractivity contribution in [3.8, 4) is 0 Å². The van der Waals surface area contributed by atoms with E-state index < -0.39 is 5.97 Å². The van der Waals surface area contributed by atoms with Gasteiger partial charge in [0.05, 0.1) is 27.6 Å². The van der Waals surface area contributed by atoms with Crippen LogP contribution in [0.15, 0.2) is 47.2 Å². The number of hydrogen-bond acceptors (Lipinski definition) is 3. The number of nitrogens with one attached hydrogen (secondary N) is 1. The lowest BCUT2D eigenvalue weighted by Crippen LogP contribution is -2.21. The quantitative estimate of drug-likeness (QED) is 0.848. The molecule has 1 aromatic carbocycles. The summed E-state index contributed by atoms with van der Waals surface area (Å²) in [5.74, 6) is -1.48. The summed E-state index contributed by atoms with van der Waals surface area (Å²) in [6.07, 6.45) is 3.46. The highest BCUT2D eigenvalue weighted by Crippen LogP contribution is 2.28. The molecule has 116 valence electrons. The van der Waals surface area contributed by atoms with Crippen LogP contribution < -0.4 is 5.01 Å². The number of aromatic amines is 1. The number of carboxylic acids is 1. The van der Waals surface area contributed by atoms with E-state index in [0.29, 0.717) is 17.0 Å². The van der Waals surface area contributed by atoms with E-state index in [0.717, 1.165) is 5.69 Å². The molecule has 23 heavy (non-hydrogen) atoms. The van der Waals surface area contributed by atoms with Gasteiger partial charge in [0, 0.05) is 11.9 Å². The Bertz CT molecular complexity index is 853. The number of carboxylic acid groups (broad SMARTS) is 1. The summed E-state index contributed by atoms with van der Waals surface area (Å²) < 4.78 is 0. The van der Waals surface area contributed by atoms with E-state index in [9.17, 15) is 9.59 Å². The topological polar surface area (TPSA) is 85.8 Å². The third-order valence-electron chi connectivity index (χ3n) is 3.41. The lowest BCUT2D eigenvalue weighted by Gasteiger charge is -2.12. The summed E-state index contributed by atoms with van der Waals surface area (Å²) in [4.78, 5) is 26.7. The third-order valence-corrected chi connectivity index (χ3v) is 3.74. The van der Waals surface area contributed by atoms with Gasteiger partial charge in [-0.1, -0.05) is 11.6 Å². The van der Waals surface area contributed by atoms with Crippen molar-refractivity contribution in [2.45, 2.75) is 6.92 Å². The molecule has 3 rings (SSSR count). The maximum atomic E-state index is 12.6. The SMILES string of the molecule is CC1=NN(c2ccc(Cl)c(C(=O)O)c2)C(=O)C1=Cc1ccc[nH]1. The first kappa shape index (κ1) is 15.1. The molecule has 1 amide bonds. The van der Waals surface area contributed by atoms with Crippen LogP contribution in [-0.4, -0.2) is 27.7 Å². The average Bonchev–Trinajstić information content (AvgIpc) is 3.11. The maximum absolute atomic E-state index is 12.6. The van der Waals surface area contributed by atoms with Crippen LogP contribution >= 0.6 is 11.6 Å². The number of rotatable bonds is 3. The Labute approximate surface area is 136 Å². The number of aromatic carboxylic acids is 1. The molecule has 0 saturated heterocycles. The van der Waals surface area contributed by atoms with Gasteiger partial charge in [-0.25, -0.2) is 4.79 Å². The molecule has 6 nitrogen and oxygen atoms in total. The van der Waals surface area contributed by atoms with Crippen molar-refractivity contribution in [3.05, 3.63) is 58.4 Å². The van der Waals surface area contributed by atoms with Gasteiger partial charge in [0.15, 0.2) is 0 Å². The molecule has 0 fully saturated rings. The van der Waals surface area contributed by atoms with Gasteiger partial charge in [-0.2, -0.15) is 10.1 Å². The Balaban J connectivity index is 1.98. The molecule has 2 N–H and O–H groups in total. The number of amides is 1. The molecule has 7 heteroatoms. The Hall–Kier alpha value is -2.86. The number of carbonyl (C=O) groups is 2. The van der Waals surface area contributed by atoms with Crippen LogP contribution in [0.2, 0.25) is 5.02 Å². The van der Waals surface area contributed by atoms with Crippen LogP contribution in [0, 0.1) is 0 Å². The second kappa shape index (κ2) is 5.73. The second-order valence-corrected chi connectivity index (χ2v) is 5.36. The fourth-order valence-corrected chi connectivity index (χ4v) is 2.46. The van der Waals surface area contributed by atoms with E-state index in [-0.39, 0.29) is 16.5 Å². The van der Waals surface area contributed by atoms with Gasteiger partial charge in [-0.05, 0) is 43.3 Å². The molecule has 0 bridgehead atoms. The van der Waals surface area contributed by atoms with Crippen LogP contribution in [0.25, 0.3) is 6.08 Å². The Morgan fingerprint density at radius 3 is 2.83 bits per heavy atom. The fraction of sp³-hybridized carbons (Fsp3) is 0.0625. The first-order valence-corrected chi connectivity index (χ1v) is 7.13. The summed E-state index contributed by atoms with van der Waals surface area (Å²) in [6.45, 7) is 1.72. The van der Waals surface area contributed by atoms with Gasteiger partial charge >= 0.3 is 5.97 Å². The zero-order valence-corrected chi connectivity index (χ0v) is 12.8. The summed E-state index contributed by atoms with van der Waals surface area (Å²) in [7, 11) is 0. The number of anilines is 1. The normalized spacial score (nSPS) is 16.1. The molecule has 2 aromatic rings. The largest absolute Gasteiger partial charge is 0.478 e. The maximum Gasteiger partial charge on any atom is 0.337 e. The van der Waals surface area contributed by atoms with Gasteiger partial charge in [0.2, 0.25) is 0 Å². The molecular weight excluding hydrogens is 318 g/mol. The molecular formula is C16H12ClN3O3. The number of aromatic nitrogens is 1. The number of nitrogens with zero attached hydrogens (tertiary/aromatic N) is 2. The van der Waals surface area contributed by atoms with E-state index in [1.54, 1.807) is 25.3 Å². The van der Waals surface area contributed by atoms with E-state index in [4.69, 9.17) is 16.7 Å². The van der Waals surface area contributed by atoms with Crippen molar-refractivity contribution in [2.24, 2.45) is 5.10 Å². The van der Waals surface area contributed by atoms with E-state index in [1.807, 2.05) is 12.1 Å². The highest BCUT2D eigenvalue weighted by atomic mass is 35.5. The number of hydrogen-bond donors (Lipinski definition) is 2. The van der Waals surface area contributed by atoms with Gasteiger partial charge in [-0.3, -0.25) is 4.79 Å². The van der Waals surface area contributed by atoms with E-state index >= 15 is 0 Å². The fourth-order valence-electron chi connectivity index (χ4n) is 2.26. The Morgan fingerprint density at radius 2 is 2.17 bits per heavy atom. The highest BCUT2D eigenvalue weighted by Gasteiger charge is 2.29. The molecule has 2 heterocycles. The predicted octanol–water partition coefficient (Wildman–Crippen LogP) is 3.17. The Kier molecular flexibility index (Phi) is 3.75. The highest BCUT2D eigenvalue weighted by molar-refractivity contribution is 6.34. The molecule has 1 aromatic heterocycles. The van der Waals surface area contributed by atoms with Crippen molar-refractivity contribution in [3.63, 3.8) is 0 Å². The Morgan fingerprint density at radius 1 is 1.39 bits per heavy atom. The number of hydrazone groups is 1. The minimum atomic E-state index is -1.16. The molecule has 0 atom stereocenters. The monoisotopic (exact) mass is 329 g/mol. The standard InChI is InChI=1S/C16H12ClN3O3/c1-9-12(7-10-3-2-6-18-10)15(21)20(19-9)11-4-5-14(17)13(8-11)16(22)23/h2-8,18H,1H3,(H,22,23). The van der Waals surface area contributed by atoms with Crippen molar-refractivity contribution in [1.82, 2.24) is 4.98 Å². The molecule has 0 spiro atoms. The summed E-state index contributed by atoms with van der Waals surface area (Å²) in [5.41, 5.74) is 2.06. The van der Waals surface area contributed by atoms with Gasteiger partial charge < -0.3 is 10.1 Å². The van der Waals surface area contributed by atoms with Crippen molar-refractivity contribution in [2.75, 3.05) is 5.01 Å². The number of carbonyl (C=O) groups excluding carboxylic acids is 1. The molecule has 0 saturated carbocycles. The summed E-state index contributed by atoms with van der Waals surface area (Å²) >= 11 is 5.85. The molecule has 0 radical (unpaired) electrons. The zero-order chi connectivity index (χ0) is 16.6. The molecule has 0 aliphatic carbocycles. The van der Waals surface area contributed by atoms with Crippen LogP contribution in [0.3, 0.4) is 0 Å². The smallest absolute Gasteiger partial charge is 0.337 e. The van der Waals surface area contributed by atoms with Crippen molar-refractivity contribution < 1.29 is 14.7 Å². The van der Waals surface area contributed by atoms with Crippen LogP contribution in [0.4, 0.5) is 5.69 Å². The van der Waals surface area contributed by atoms with Crippen LogP contribution in [0.1, 0.15) is 23.0 Å². The zero-order valence-electron chi connectivity index (χ0n) is 12.1. The first-order chi connectivity index (χ1) is 11.0.